The van der Waals surface area contributed by atoms with Gasteiger partial charge in [0.2, 0.25) is 0 Å². The summed E-state index contributed by atoms with van der Waals surface area (Å²) >= 11 is 6.47. The quantitative estimate of drug-likeness (QED) is 0.857. The zero-order chi connectivity index (χ0) is 15.4. The van der Waals surface area contributed by atoms with Crippen LogP contribution in [0.15, 0.2) is 18.2 Å². The van der Waals surface area contributed by atoms with Gasteiger partial charge in [0, 0.05) is 30.3 Å². The summed E-state index contributed by atoms with van der Waals surface area (Å²) in [7, 11) is 0. The molecule has 118 valence electrons. The molecule has 1 saturated heterocycles. The number of benzene rings is 1. The van der Waals surface area contributed by atoms with E-state index in [0.717, 1.165) is 43.0 Å². The van der Waals surface area contributed by atoms with Gasteiger partial charge in [0.15, 0.2) is 0 Å². The third kappa shape index (κ3) is 4.89. The Morgan fingerprint density at radius 1 is 1.24 bits per heavy atom. The minimum Gasteiger partial charge on any atom is -0.371 e. The first kappa shape index (κ1) is 16.6. The van der Waals surface area contributed by atoms with Gasteiger partial charge < -0.3 is 10.2 Å². The van der Waals surface area contributed by atoms with Crippen LogP contribution < -0.4 is 10.2 Å². The highest BCUT2D eigenvalue weighted by Gasteiger charge is 2.22. The van der Waals surface area contributed by atoms with Crippen LogP contribution in [0, 0.1) is 17.8 Å². The predicted octanol–water partition coefficient (Wildman–Crippen LogP) is 4.57. The van der Waals surface area contributed by atoms with Gasteiger partial charge >= 0.3 is 0 Å². The van der Waals surface area contributed by atoms with E-state index >= 15 is 0 Å². The molecule has 1 fully saturated rings. The highest BCUT2D eigenvalue weighted by molar-refractivity contribution is 6.31. The Hall–Kier alpha value is -0.730. The van der Waals surface area contributed by atoms with Gasteiger partial charge in [0.25, 0.3) is 0 Å². The lowest BCUT2D eigenvalue weighted by Gasteiger charge is -2.36. The Balaban J connectivity index is 2.01. The molecule has 0 amide bonds. The number of nitrogens with zero attached hydrogens (tertiary/aromatic N) is 1. The number of nitrogens with one attached hydrogen (secondary N) is 1. The first-order valence-electron chi connectivity index (χ1n) is 8.19. The molecular formula is C18H29ClN2. The van der Waals surface area contributed by atoms with E-state index in [9.17, 15) is 0 Å². The van der Waals surface area contributed by atoms with Crippen LogP contribution in [0.3, 0.4) is 0 Å². The third-order valence-corrected chi connectivity index (χ3v) is 4.49. The van der Waals surface area contributed by atoms with Crippen molar-refractivity contribution in [2.45, 2.75) is 40.7 Å². The molecule has 1 aromatic rings. The van der Waals surface area contributed by atoms with E-state index in [1.54, 1.807) is 0 Å². The Morgan fingerprint density at radius 2 is 1.90 bits per heavy atom. The van der Waals surface area contributed by atoms with E-state index in [1.807, 2.05) is 0 Å². The fourth-order valence-electron chi connectivity index (χ4n) is 3.25. The van der Waals surface area contributed by atoms with Gasteiger partial charge in [-0.2, -0.15) is 0 Å². The number of anilines is 1. The van der Waals surface area contributed by atoms with Crippen molar-refractivity contribution in [3.8, 4) is 0 Å². The van der Waals surface area contributed by atoms with E-state index in [0.29, 0.717) is 5.92 Å². The largest absolute Gasteiger partial charge is 0.371 e. The van der Waals surface area contributed by atoms with Crippen molar-refractivity contribution < 1.29 is 0 Å². The molecule has 3 heteroatoms. The van der Waals surface area contributed by atoms with Gasteiger partial charge in [0.05, 0.1) is 0 Å². The van der Waals surface area contributed by atoms with Crippen molar-refractivity contribution in [1.82, 2.24) is 5.32 Å². The second-order valence-corrected chi connectivity index (χ2v) is 7.56. The summed E-state index contributed by atoms with van der Waals surface area (Å²) in [4.78, 5) is 2.48. The van der Waals surface area contributed by atoms with Gasteiger partial charge in [-0.3, -0.25) is 0 Å². The van der Waals surface area contributed by atoms with Crippen LogP contribution in [-0.4, -0.2) is 19.6 Å². The van der Waals surface area contributed by atoms with Crippen molar-refractivity contribution in [3.05, 3.63) is 28.8 Å². The molecule has 2 atom stereocenters. The maximum absolute atomic E-state index is 6.47. The summed E-state index contributed by atoms with van der Waals surface area (Å²) in [5, 5.41) is 4.34. The molecule has 1 aliphatic rings. The summed E-state index contributed by atoms with van der Waals surface area (Å²) in [5.74, 6) is 2.19. The average Bonchev–Trinajstić information content (AvgIpc) is 2.39. The van der Waals surface area contributed by atoms with Crippen molar-refractivity contribution in [1.29, 1.82) is 0 Å². The number of piperidine rings is 1. The topological polar surface area (TPSA) is 15.3 Å². The van der Waals surface area contributed by atoms with E-state index in [1.165, 1.54) is 17.7 Å². The first-order valence-corrected chi connectivity index (χ1v) is 8.57. The van der Waals surface area contributed by atoms with Crippen LogP contribution in [0.2, 0.25) is 5.02 Å². The average molecular weight is 309 g/mol. The second-order valence-electron chi connectivity index (χ2n) is 7.15. The summed E-state index contributed by atoms with van der Waals surface area (Å²) < 4.78 is 0. The van der Waals surface area contributed by atoms with Gasteiger partial charge in [-0.15, -0.1) is 0 Å². The third-order valence-electron chi connectivity index (χ3n) is 4.14. The van der Waals surface area contributed by atoms with Crippen molar-refractivity contribution in [2.75, 3.05) is 24.5 Å². The zero-order valence-electron chi connectivity index (χ0n) is 13.8. The van der Waals surface area contributed by atoms with E-state index in [4.69, 9.17) is 11.6 Å². The van der Waals surface area contributed by atoms with Gasteiger partial charge in [-0.25, -0.2) is 0 Å². The minimum atomic E-state index is 0.666. The SMILES string of the molecule is CC(C)CNCc1ccc(N2CC(C)CC(C)C2)cc1Cl. The van der Waals surface area contributed by atoms with Crippen LogP contribution >= 0.6 is 11.6 Å². The lowest BCUT2D eigenvalue weighted by molar-refractivity contribution is 0.357. The lowest BCUT2D eigenvalue weighted by atomic mass is 9.91. The maximum atomic E-state index is 6.47. The normalized spacial score (nSPS) is 22.9. The van der Waals surface area contributed by atoms with Gasteiger partial charge in [0.1, 0.15) is 0 Å². The molecule has 0 saturated carbocycles. The summed E-state index contributed by atoms with van der Waals surface area (Å²) in [6, 6.07) is 6.54. The fraction of sp³-hybridized carbons (Fsp3) is 0.667. The summed E-state index contributed by atoms with van der Waals surface area (Å²) in [5.41, 5.74) is 2.46. The minimum absolute atomic E-state index is 0.666. The van der Waals surface area contributed by atoms with E-state index in [2.05, 4.69) is 56.1 Å². The number of rotatable bonds is 5. The fourth-order valence-corrected chi connectivity index (χ4v) is 3.49. The predicted molar refractivity (Wildman–Crippen MR) is 93.2 cm³/mol. The van der Waals surface area contributed by atoms with Crippen LogP contribution in [0.1, 0.15) is 39.7 Å². The van der Waals surface area contributed by atoms with Crippen LogP contribution in [-0.2, 0) is 6.54 Å². The lowest BCUT2D eigenvalue weighted by Crippen LogP contribution is -2.38. The number of hydrogen-bond acceptors (Lipinski definition) is 2. The molecule has 0 aliphatic carbocycles. The Labute approximate surface area is 134 Å². The Morgan fingerprint density at radius 3 is 2.48 bits per heavy atom. The maximum Gasteiger partial charge on any atom is 0.0471 e. The van der Waals surface area contributed by atoms with E-state index in [-0.39, 0.29) is 0 Å². The van der Waals surface area contributed by atoms with Crippen LogP contribution in [0.4, 0.5) is 5.69 Å². The zero-order valence-corrected chi connectivity index (χ0v) is 14.6. The molecule has 2 rings (SSSR count). The number of halogens is 1. The van der Waals surface area contributed by atoms with E-state index < -0.39 is 0 Å². The van der Waals surface area contributed by atoms with Crippen molar-refractivity contribution in [2.24, 2.45) is 17.8 Å². The molecule has 1 aliphatic heterocycles. The summed E-state index contributed by atoms with van der Waals surface area (Å²) in [6.45, 7) is 13.3. The smallest absolute Gasteiger partial charge is 0.0471 e. The molecule has 0 aromatic heterocycles. The molecule has 0 bridgehead atoms. The second kappa shape index (κ2) is 7.51. The molecule has 21 heavy (non-hydrogen) atoms. The molecule has 1 aromatic carbocycles. The monoisotopic (exact) mass is 308 g/mol. The molecule has 2 unspecified atom stereocenters. The summed E-state index contributed by atoms with van der Waals surface area (Å²) in [6.07, 6.45) is 1.33. The number of hydrogen-bond donors (Lipinski definition) is 1. The molecule has 2 nitrogen and oxygen atoms in total. The molecule has 0 spiro atoms. The molecule has 1 N–H and O–H groups in total. The van der Waals surface area contributed by atoms with Crippen molar-refractivity contribution >= 4 is 17.3 Å². The molecule has 1 heterocycles. The van der Waals surface area contributed by atoms with Gasteiger partial charge in [-0.1, -0.05) is 45.4 Å². The molecular weight excluding hydrogens is 280 g/mol. The highest BCUT2D eigenvalue weighted by atomic mass is 35.5. The first-order chi connectivity index (χ1) is 9.95. The van der Waals surface area contributed by atoms with Crippen LogP contribution in [0.25, 0.3) is 0 Å². The van der Waals surface area contributed by atoms with Crippen molar-refractivity contribution in [3.63, 3.8) is 0 Å². The van der Waals surface area contributed by atoms with Crippen LogP contribution in [0.5, 0.6) is 0 Å². The Bertz CT molecular complexity index is 449. The standard InChI is InChI=1S/C18H29ClN2/c1-13(2)9-20-10-16-5-6-17(8-18(16)19)21-11-14(3)7-15(4)12-21/h5-6,8,13-15,20H,7,9-12H2,1-4H3. The Kier molecular flexibility index (Phi) is 5.95. The van der Waals surface area contributed by atoms with Gasteiger partial charge in [-0.05, 0) is 48.4 Å². The highest BCUT2D eigenvalue weighted by Crippen LogP contribution is 2.29. The molecule has 0 radical (unpaired) electrons.